The molecule has 1 aromatic carbocycles. The van der Waals surface area contributed by atoms with Crippen LogP contribution in [-0.2, 0) is 25.7 Å². The van der Waals surface area contributed by atoms with Crippen LogP contribution < -0.4 is 20.9 Å². The summed E-state index contributed by atoms with van der Waals surface area (Å²) in [6.45, 7) is 3.43. The van der Waals surface area contributed by atoms with Crippen molar-refractivity contribution in [2.24, 2.45) is 11.7 Å². The molecule has 230 valence electrons. The van der Waals surface area contributed by atoms with E-state index >= 15 is 0 Å². The Hall–Kier alpha value is -3.63. The van der Waals surface area contributed by atoms with Gasteiger partial charge in [-0.1, -0.05) is 11.8 Å². The summed E-state index contributed by atoms with van der Waals surface area (Å²) in [5.74, 6) is -0.0989. The lowest BCUT2D eigenvalue weighted by Crippen LogP contribution is -2.44. The predicted molar refractivity (Wildman–Crippen MR) is 158 cm³/mol. The van der Waals surface area contributed by atoms with E-state index in [1.165, 1.54) is 25.0 Å². The number of aryl methyl sites for hydroxylation is 1. The van der Waals surface area contributed by atoms with Crippen molar-refractivity contribution in [3.63, 3.8) is 0 Å². The van der Waals surface area contributed by atoms with Gasteiger partial charge in [-0.15, -0.1) is 0 Å². The molecule has 14 nitrogen and oxygen atoms in total. The number of esters is 1. The maximum absolute atomic E-state index is 12.9. The van der Waals surface area contributed by atoms with Crippen molar-refractivity contribution in [1.29, 1.82) is 0 Å². The number of hydrogen-bond acceptors (Lipinski definition) is 12. The summed E-state index contributed by atoms with van der Waals surface area (Å²) < 4.78 is 19.1. The lowest BCUT2D eigenvalue weighted by Gasteiger charge is -2.33. The van der Waals surface area contributed by atoms with Crippen LogP contribution in [0.15, 0.2) is 33.0 Å². The van der Waals surface area contributed by atoms with Gasteiger partial charge in [-0.25, -0.2) is 15.0 Å². The van der Waals surface area contributed by atoms with Gasteiger partial charge >= 0.3 is 11.9 Å². The third kappa shape index (κ3) is 7.13. The zero-order valence-corrected chi connectivity index (χ0v) is 25.8. The van der Waals surface area contributed by atoms with E-state index in [4.69, 9.17) is 35.8 Å². The smallest absolute Gasteiger partial charge is 0.320 e. The molecule has 0 spiro atoms. The molecule has 2 atom stereocenters. The molecule has 3 aromatic rings. The number of imidazole rings is 1. The van der Waals surface area contributed by atoms with Crippen LogP contribution in [0.3, 0.4) is 0 Å². The van der Waals surface area contributed by atoms with Crippen molar-refractivity contribution in [3.8, 4) is 11.5 Å². The Morgan fingerprint density at radius 2 is 1.93 bits per heavy atom. The highest BCUT2D eigenvalue weighted by Crippen LogP contribution is 2.43. The molecule has 0 unspecified atom stereocenters. The number of fused-ring (bicyclic) bond motifs is 2. The van der Waals surface area contributed by atoms with E-state index in [2.05, 4.69) is 25.9 Å². The van der Waals surface area contributed by atoms with E-state index in [9.17, 15) is 14.4 Å². The molecule has 43 heavy (non-hydrogen) atoms. The fraction of sp³-hybridized carbons (Fsp3) is 0.481. The molecular formula is C27H32BrN7O7S. The van der Waals surface area contributed by atoms with Gasteiger partial charge in [0, 0.05) is 35.4 Å². The summed E-state index contributed by atoms with van der Waals surface area (Å²) in [4.78, 5) is 51.7. The molecule has 0 saturated carbocycles. The zero-order valence-electron chi connectivity index (χ0n) is 23.4. The highest BCUT2D eigenvalue weighted by molar-refractivity contribution is 9.10. The van der Waals surface area contributed by atoms with Crippen LogP contribution in [-0.4, -0.2) is 79.4 Å². The maximum atomic E-state index is 12.9. The predicted octanol–water partition coefficient (Wildman–Crippen LogP) is 2.80. The van der Waals surface area contributed by atoms with Crippen LogP contribution in [0.4, 0.5) is 5.82 Å². The van der Waals surface area contributed by atoms with Gasteiger partial charge in [0.15, 0.2) is 39.7 Å². The van der Waals surface area contributed by atoms with Crippen molar-refractivity contribution in [2.45, 2.75) is 67.8 Å². The molecule has 1 saturated heterocycles. The molecule has 0 radical (unpaired) electrons. The molecular weight excluding hydrogens is 646 g/mol. The van der Waals surface area contributed by atoms with Crippen LogP contribution in [0.2, 0.25) is 0 Å². The molecule has 4 heterocycles. The zero-order chi connectivity index (χ0) is 30.7. The Morgan fingerprint density at radius 1 is 1.21 bits per heavy atom. The van der Waals surface area contributed by atoms with Crippen LogP contribution in [0.1, 0.15) is 39.0 Å². The van der Waals surface area contributed by atoms with Crippen LogP contribution in [0.5, 0.6) is 11.5 Å². The van der Waals surface area contributed by atoms with Crippen molar-refractivity contribution >= 4 is 62.5 Å². The molecule has 0 bridgehead atoms. The Labute approximate surface area is 259 Å². The largest absolute Gasteiger partial charge is 0.480 e. The molecule has 5 N–H and O–H groups in total. The molecule has 2 aliphatic heterocycles. The fourth-order valence-corrected chi connectivity index (χ4v) is 6.51. The van der Waals surface area contributed by atoms with Crippen LogP contribution in [0.25, 0.3) is 11.2 Å². The lowest BCUT2D eigenvalue weighted by molar-refractivity contribution is -0.160. The number of piperidine rings is 1. The molecule has 1 fully saturated rings. The van der Waals surface area contributed by atoms with Gasteiger partial charge in [-0.05, 0) is 66.6 Å². The number of ether oxygens (including phenoxy) is 3. The maximum Gasteiger partial charge on any atom is 0.320 e. The first-order valence-corrected chi connectivity index (χ1v) is 15.4. The quantitative estimate of drug-likeness (QED) is 0.251. The van der Waals surface area contributed by atoms with E-state index in [0.717, 1.165) is 28.6 Å². The standard InChI is InChI=1S/C27H32BrN7O7S/c1-14(42-21(36)3-2-17(29)26(38)39)25(37)34-7-4-15(5-8-34)6-9-35-24-22(23(30)31-12-32-24)33-27(35)43-20-11-19-18(10-16(20)28)40-13-41-19/h10-12,14-15,17H,2-9,13,29H2,1H3,(H,38,39)(H2,30,31,32)/t14-,17-/m0/s1. The van der Waals surface area contributed by atoms with Crippen LogP contribution >= 0.6 is 27.7 Å². The third-order valence-corrected chi connectivity index (χ3v) is 9.44. The second-order valence-corrected chi connectivity index (χ2v) is 12.3. The number of aromatic nitrogens is 4. The number of nitrogens with zero attached hydrogens (tertiary/aromatic N) is 5. The minimum Gasteiger partial charge on any atom is -0.480 e. The highest BCUT2D eigenvalue weighted by Gasteiger charge is 2.29. The number of carboxylic acid groups (broad SMARTS) is 1. The van der Waals surface area contributed by atoms with Gasteiger partial charge < -0.3 is 40.3 Å². The number of nitrogen functional groups attached to an aromatic ring is 1. The molecule has 5 rings (SSSR count). The van der Waals surface area contributed by atoms with E-state index in [0.29, 0.717) is 59.2 Å². The van der Waals surface area contributed by atoms with Gasteiger partial charge in [-0.2, -0.15) is 0 Å². The Balaban J connectivity index is 1.18. The van der Waals surface area contributed by atoms with Crippen LogP contribution in [0, 0.1) is 5.92 Å². The number of carbonyl (C=O) groups excluding carboxylic acids is 2. The average molecular weight is 679 g/mol. The Morgan fingerprint density at radius 3 is 2.65 bits per heavy atom. The number of carbonyl (C=O) groups is 3. The number of halogens is 1. The SMILES string of the molecule is C[C@H](OC(=O)CC[C@H](N)C(=O)O)C(=O)N1CCC(CCn2c(Sc3cc4c(cc3Br)OCO4)nc3c(N)ncnc32)CC1. The summed E-state index contributed by atoms with van der Waals surface area (Å²) in [6, 6.07) is 2.63. The number of aliphatic carboxylic acids is 1. The van der Waals surface area contributed by atoms with E-state index in [-0.39, 0.29) is 25.5 Å². The summed E-state index contributed by atoms with van der Waals surface area (Å²) in [7, 11) is 0. The second kappa shape index (κ2) is 13.3. The number of amides is 1. The van der Waals surface area contributed by atoms with Crippen molar-refractivity contribution < 1.29 is 33.7 Å². The second-order valence-electron chi connectivity index (χ2n) is 10.4. The van der Waals surface area contributed by atoms with Gasteiger partial charge in [0.25, 0.3) is 5.91 Å². The van der Waals surface area contributed by atoms with Gasteiger partial charge in [0.05, 0.1) is 0 Å². The Kier molecular flexibility index (Phi) is 9.56. The van der Waals surface area contributed by atoms with Crippen molar-refractivity contribution in [3.05, 3.63) is 22.9 Å². The molecule has 2 aliphatic rings. The monoisotopic (exact) mass is 677 g/mol. The molecule has 2 aromatic heterocycles. The molecule has 0 aliphatic carbocycles. The fourth-order valence-electron chi connectivity index (χ4n) is 5.00. The first-order valence-electron chi connectivity index (χ1n) is 13.8. The number of hydrogen-bond donors (Lipinski definition) is 3. The lowest BCUT2D eigenvalue weighted by atomic mass is 9.93. The van der Waals surface area contributed by atoms with Gasteiger partial charge in [-0.3, -0.25) is 14.4 Å². The Bertz CT molecular complexity index is 1530. The first kappa shape index (κ1) is 30.8. The number of benzene rings is 1. The van der Waals surface area contributed by atoms with E-state index < -0.39 is 24.1 Å². The van der Waals surface area contributed by atoms with E-state index in [1.54, 1.807) is 4.90 Å². The summed E-state index contributed by atoms with van der Waals surface area (Å²) in [6.07, 6.45) is 2.67. The average Bonchev–Trinajstić information content (AvgIpc) is 3.59. The number of nitrogens with two attached hydrogens (primary N) is 2. The summed E-state index contributed by atoms with van der Waals surface area (Å²) in [5.41, 5.74) is 12.8. The molecule has 1 amide bonds. The summed E-state index contributed by atoms with van der Waals surface area (Å²) in [5, 5.41) is 9.57. The van der Waals surface area contributed by atoms with Crippen molar-refractivity contribution in [1.82, 2.24) is 24.4 Å². The number of rotatable bonds is 11. The van der Waals surface area contributed by atoms with Gasteiger partial charge in [0.1, 0.15) is 12.4 Å². The normalized spacial score (nSPS) is 16.3. The topological polar surface area (TPSA) is 198 Å². The highest BCUT2D eigenvalue weighted by atomic mass is 79.9. The number of carboxylic acids is 1. The first-order chi connectivity index (χ1) is 20.6. The third-order valence-electron chi connectivity index (χ3n) is 7.47. The van der Waals surface area contributed by atoms with Crippen molar-refractivity contribution in [2.75, 3.05) is 25.6 Å². The number of anilines is 1. The van der Waals surface area contributed by atoms with Gasteiger partial charge in [0.2, 0.25) is 6.79 Å². The minimum absolute atomic E-state index is 0.0561. The summed E-state index contributed by atoms with van der Waals surface area (Å²) >= 11 is 5.08. The number of likely N-dealkylation sites (tertiary alicyclic amines) is 1. The molecule has 16 heteroatoms. The minimum atomic E-state index is -1.19. The van der Waals surface area contributed by atoms with E-state index in [1.807, 2.05) is 16.7 Å².